The van der Waals surface area contributed by atoms with E-state index >= 15 is 0 Å². The minimum absolute atomic E-state index is 0.157. The smallest absolute Gasteiger partial charge is 0.412 e. The maximum absolute atomic E-state index is 12.7. The van der Waals surface area contributed by atoms with Gasteiger partial charge in [-0.15, -0.1) is 5.10 Å². The van der Waals surface area contributed by atoms with Gasteiger partial charge in [0.25, 0.3) is 0 Å². The number of carbonyl (C=O) groups is 1. The van der Waals surface area contributed by atoms with Crippen LogP contribution in [0.3, 0.4) is 0 Å². The van der Waals surface area contributed by atoms with Gasteiger partial charge in [0, 0.05) is 12.0 Å². The Balaban J connectivity index is 1.43. The number of carbonyl (C=O) groups excluding carboxylic acids is 1. The van der Waals surface area contributed by atoms with Crippen LogP contribution in [-0.2, 0) is 11.2 Å². The number of aliphatic hydroxyl groups is 2. The number of anilines is 1. The first-order chi connectivity index (χ1) is 17.9. The van der Waals surface area contributed by atoms with Gasteiger partial charge in [-0.05, 0) is 48.1 Å². The van der Waals surface area contributed by atoms with Gasteiger partial charge in [-0.2, -0.15) is 0 Å². The van der Waals surface area contributed by atoms with Crippen LogP contribution >= 0.6 is 11.5 Å². The van der Waals surface area contributed by atoms with Gasteiger partial charge in [-0.25, -0.2) is 4.79 Å². The summed E-state index contributed by atoms with van der Waals surface area (Å²) in [6.45, 7) is 3.54. The fourth-order valence-corrected chi connectivity index (χ4v) is 4.82. The third kappa shape index (κ3) is 5.21. The second-order valence-electron chi connectivity index (χ2n) is 8.55. The molecular weight excluding hydrogens is 492 g/mol. The second kappa shape index (κ2) is 10.5. The van der Waals surface area contributed by atoms with Crippen LogP contribution in [-0.4, -0.2) is 37.3 Å². The molecule has 0 radical (unpaired) electrons. The summed E-state index contributed by atoms with van der Waals surface area (Å²) >= 11 is 1.25. The van der Waals surface area contributed by atoms with E-state index in [2.05, 4.69) is 20.1 Å². The summed E-state index contributed by atoms with van der Waals surface area (Å²) in [5, 5.41) is 29.6. The normalized spacial score (nSPS) is 12.1. The highest BCUT2D eigenvalue weighted by atomic mass is 32.1. The van der Waals surface area contributed by atoms with Gasteiger partial charge in [0.15, 0.2) is 12.1 Å². The van der Waals surface area contributed by atoms with E-state index in [0.717, 1.165) is 27.0 Å². The zero-order chi connectivity index (χ0) is 25.9. The SMILES string of the molecule is Cc1noc(-c2ccc(-c3ccc(CC(O)O)cc3)c3snnc23)c1NC(=O)OC(C)c1ccccc1. The maximum Gasteiger partial charge on any atom is 0.412 e. The molecule has 3 aromatic carbocycles. The largest absolute Gasteiger partial charge is 0.441 e. The number of nitrogens with one attached hydrogen (secondary N) is 1. The standard InChI is InChI=1S/C27H24N4O5S/c1-15-23(28-27(34)35-16(2)18-6-4-3-5-7-18)25(36-30-15)21-13-12-20(26-24(21)29-31-37-26)19-10-8-17(9-11-19)14-22(32)33/h3-13,16,22,32-33H,14H2,1-2H3,(H,28,34). The van der Waals surface area contributed by atoms with Crippen molar-refractivity contribution in [2.75, 3.05) is 5.32 Å². The quantitative estimate of drug-likeness (QED) is 0.242. The van der Waals surface area contributed by atoms with Crippen molar-refractivity contribution in [3.05, 3.63) is 83.6 Å². The van der Waals surface area contributed by atoms with Crippen molar-refractivity contribution in [2.24, 2.45) is 0 Å². The molecule has 0 saturated heterocycles. The summed E-state index contributed by atoms with van der Waals surface area (Å²) in [5.41, 5.74) is 5.71. The molecule has 5 rings (SSSR count). The van der Waals surface area contributed by atoms with Crippen LogP contribution in [0.1, 0.15) is 29.8 Å². The molecule has 0 aliphatic rings. The highest BCUT2D eigenvalue weighted by Gasteiger charge is 2.23. The number of ether oxygens (including phenoxy) is 1. The van der Waals surface area contributed by atoms with Crippen molar-refractivity contribution in [2.45, 2.75) is 32.7 Å². The summed E-state index contributed by atoms with van der Waals surface area (Å²) in [7, 11) is 0. The Morgan fingerprint density at radius 3 is 2.51 bits per heavy atom. The molecule has 0 fully saturated rings. The van der Waals surface area contributed by atoms with Crippen molar-refractivity contribution < 1.29 is 24.3 Å². The van der Waals surface area contributed by atoms with Crippen LogP contribution in [0.5, 0.6) is 0 Å². The minimum atomic E-state index is -1.39. The van der Waals surface area contributed by atoms with E-state index in [1.165, 1.54) is 11.5 Å². The van der Waals surface area contributed by atoms with Crippen LogP contribution in [0, 0.1) is 6.92 Å². The summed E-state index contributed by atoms with van der Waals surface area (Å²) < 4.78 is 16.2. The van der Waals surface area contributed by atoms with Crippen molar-refractivity contribution >= 4 is 33.5 Å². The first kappa shape index (κ1) is 24.6. The van der Waals surface area contributed by atoms with Crippen LogP contribution in [0.15, 0.2) is 71.3 Å². The van der Waals surface area contributed by atoms with E-state index in [-0.39, 0.29) is 6.42 Å². The van der Waals surface area contributed by atoms with Gasteiger partial charge < -0.3 is 19.5 Å². The molecule has 0 bridgehead atoms. The molecule has 9 nitrogen and oxygen atoms in total. The Hall–Kier alpha value is -4.12. The van der Waals surface area contributed by atoms with Crippen LogP contribution in [0.2, 0.25) is 0 Å². The first-order valence-electron chi connectivity index (χ1n) is 11.6. The Morgan fingerprint density at radius 2 is 1.78 bits per heavy atom. The van der Waals surface area contributed by atoms with Crippen LogP contribution < -0.4 is 5.32 Å². The molecule has 0 aliphatic heterocycles. The molecule has 0 saturated carbocycles. The number of amides is 1. The maximum atomic E-state index is 12.7. The zero-order valence-corrected chi connectivity index (χ0v) is 20.9. The molecule has 2 heterocycles. The summed E-state index contributed by atoms with van der Waals surface area (Å²) in [4.78, 5) is 12.7. The third-order valence-electron chi connectivity index (χ3n) is 5.97. The molecule has 0 spiro atoms. The van der Waals surface area contributed by atoms with Crippen molar-refractivity contribution in [3.8, 4) is 22.5 Å². The average molecular weight is 517 g/mol. The molecular formula is C27H24N4O5S. The average Bonchev–Trinajstić information content (AvgIpc) is 3.52. The molecule has 2 aromatic heterocycles. The molecule has 10 heteroatoms. The van der Waals surface area contributed by atoms with E-state index in [9.17, 15) is 15.0 Å². The monoisotopic (exact) mass is 516 g/mol. The van der Waals surface area contributed by atoms with Crippen molar-refractivity contribution in [1.82, 2.24) is 14.7 Å². The summed E-state index contributed by atoms with van der Waals surface area (Å²) in [6.07, 6.45) is -2.30. The molecule has 1 atom stereocenters. The molecule has 1 unspecified atom stereocenters. The lowest BCUT2D eigenvalue weighted by Gasteiger charge is -2.14. The topological polar surface area (TPSA) is 131 Å². The number of fused-ring (bicyclic) bond motifs is 1. The Labute approximate surface area is 216 Å². The second-order valence-corrected chi connectivity index (χ2v) is 9.30. The van der Waals surface area contributed by atoms with E-state index in [1.54, 1.807) is 13.8 Å². The lowest BCUT2D eigenvalue weighted by molar-refractivity contribution is -0.0381. The molecule has 188 valence electrons. The Kier molecular flexibility index (Phi) is 6.95. The fraction of sp³-hybridized carbons (Fsp3) is 0.185. The van der Waals surface area contributed by atoms with Crippen LogP contribution in [0.25, 0.3) is 32.7 Å². The number of nitrogens with zero attached hydrogens (tertiary/aromatic N) is 3. The van der Waals surface area contributed by atoms with Crippen molar-refractivity contribution in [1.29, 1.82) is 0 Å². The van der Waals surface area contributed by atoms with Crippen molar-refractivity contribution in [3.63, 3.8) is 0 Å². The van der Waals surface area contributed by atoms with Gasteiger partial charge in [-0.3, -0.25) is 5.32 Å². The predicted octanol–water partition coefficient (Wildman–Crippen LogP) is 5.48. The van der Waals surface area contributed by atoms with Gasteiger partial charge >= 0.3 is 6.09 Å². The fourth-order valence-electron chi connectivity index (χ4n) is 4.09. The number of aromatic nitrogens is 3. The number of rotatable bonds is 7. The number of aryl methyl sites for hydroxylation is 1. The molecule has 5 aromatic rings. The number of benzene rings is 3. The third-order valence-corrected chi connectivity index (χ3v) is 6.73. The first-order valence-corrected chi connectivity index (χ1v) is 12.4. The van der Waals surface area contributed by atoms with Gasteiger partial charge in [-0.1, -0.05) is 70.3 Å². The lowest BCUT2D eigenvalue weighted by Crippen LogP contribution is -2.16. The van der Waals surface area contributed by atoms with Crippen LogP contribution in [0.4, 0.5) is 10.5 Å². The highest BCUT2D eigenvalue weighted by Crippen LogP contribution is 2.40. The molecule has 3 N–H and O–H groups in total. The molecule has 0 aliphatic carbocycles. The minimum Gasteiger partial charge on any atom is -0.441 e. The molecule has 37 heavy (non-hydrogen) atoms. The van der Waals surface area contributed by atoms with E-state index in [1.807, 2.05) is 66.7 Å². The number of hydrogen-bond donors (Lipinski definition) is 3. The lowest BCUT2D eigenvalue weighted by atomic mass is 9.99. The number of aliphatic hydroxyl groups excluding tert-OH is 1. The van der Waals surface area contributed by atoms with Gasteiger partial charge in [0.1, 0.15) is 23.0 Å². The van der Waals surface area contributed by atoms with E-state index in [4.69, 9.17) is 9.26 Å². The van der Waals surface area contributed by atoms with Gasteiger partial charge in [0.2, 0.25) is 0 Å². The van der Waals surface area contributed by atoms with E-state index in [0.29, 0.717) is 28.2 Å². The van der Waals surface area contributed by atoms with Gasteiger partial charge in [0.05, 0.1) is 10.3 Å². The van der Waals surface area contributed by atoms with E-state index < -0.39 is 18.5 Å². The predicted molar refractivity (Wildman–Crippen MR) is 140 cm³/mol. The number of hydrogen-bond acceptors (Lipinski definition) is 9. The Bertz CT molecular complexity index is 1530. The Morgan fingerprint density at radius 1 is 1.05 bits per heavy atom. The summed E-state index contributed by atoms with van der Waals surface area (Å²) in [5.74, 6) is 0.360. The zero-order valence-electron chi connectivity index (χ0n) is 20.1. The highest BCUT2D eigenvalue weighted by molar-refractivity contribution is 7.13. The molecule has 1 amide bonds. The summed E-state index contributed by atoms with van der Waals surface area (Å²) in [6, 6.07) is 20.8.